The van der Waals surface area contributed by atoms with Crippen LogP contribution in [0.5, 0.6) is 5.75 Å². The fourth-order valence-corrected chi connectivity index (χ4v) is 2.32. The molecular weight excluding hydrogens is 264 g/mol. The summed E-state index contributed by atoms with van der Waals surface area (Å²) in [5.41, 5.74) is 1.79. The highest BCUT2D eigenvalue weighted by atomic mass is 32.1. The Morgan fingerprint density at radius 3 is 2.79 bits per heavy atom. The van der Waals surface area contributed by atoms with Crippen molar-refractivity contribution in [2.24, 2.45) is 0 Å². The Labute approximate surface area is 115 Å². The number of aliphatic hydroxyl groups excluding tert-OH is 1. The lowest BCUT2D eigenvalue weighted by Gasteiger charge is -2.11. The van der Waals surface area contributed by atoms with Gasteiger partial charge in [-0.3, -0.25) is 4.98 Å². The van der Waals surface area contributed by atoms with Crippen LogP contribution in [0, 0.1) is 6.92 Å². The Morgan fingerprint density at radius 1 is 1.37 bits per heavy atom. The Hall–Kier alpha value is -1.73. The SMILES string of the molecule is CCc1nnc(NCc2c(CO)cnc(C)c2O)s1. The summed E-state index contributed by atoms with van der Waals surface area (Å²) in [5.74, 6) is 0.110. The second-order valence-electron chi connectivity index (χ2n) is 4.06. The molecule has 0 aliphatic rings. The maximum absolute atomic E-state index is 9.99. The Kier molecular flexibility index (Phi) is 4.28. The lowest BCUT2D eigenvalue weighted by molar-refractivity contribution is 0.279. The van der Waals surface area contributed by atoms with E-state index in [0.29, 0.717) is 28.5 Å². The summed E-state index contributed by atoms with van der Waals surface area (Å²) in [4.78, 5) is 4.02. The minimum Gasteiger partial charge on any atom is -0.506 e. The summed E-state index contributed by atoms with van der Waals surface area (Å²) < 4.78 is 0. The minimum absolute atomic E-state index is 0.110. The van der Waals surface area contributed by atoms with Crippen LogP contribution in [0.1, 0.15) is 28.8 Å². The molecule has 19 heavy (non-hydrogen) atoms. The molecule has 0 aliphatic heterocycles. The van der Waals surface area contributed by atoms with E-state index in [4.69, 9.17) is 0 Å². The van der Waals surface area contributed by atoms with Gasteiger partial charge >= 0.3 is 0 Å². The van der Waals surface area contributed by atoms with Crippen molar-refractivity contribution in [1.29, 1.82) is 0 Å². The highest BCUT2D eigenvalue weighted by Gasteiger charge is 2.12. The summed E-state index contributed by atoms with van der Waals surface area (Å²) in [5, 5.41) is 32.0. The molecule has 0 unspecified atom stereocenters. The number of nitrogens with zero attached hydrogens (tertiary/aromatic N) is 3. The Morgan fingerprint density at radius 2 is 2.16 bits per heavy atom. The number of aliphatic hydroxyl groups is 1. The van der Waals surface area contributed by atoms with Gasteiger partial charge in [0.15, 0.2) is 0 Å². The molecule has 0 aliphatic carbocycles. The topological polar surface area (TPSA) is 91.2 Å². The van der Waals surface area contributed by atoms with E-state index in [0.717, 1.165) is 11.4 Å². The fraction of sp³-hybridized carbons (Fsp3) is 0.417. The normalized spacial score (nSPS) is 10.7. The van der Waals surface area contributed by atoms with Crippen molar-refractivity contribution in [1.82, 2.24) is 15.2 Å². The number of hydrogen-bond acceptors (Lipinski definition) is 7. The van der Waals surface area contributed by atoms with Crippen molar-refractivity contribution in [3.05, 3.63) is 28.0 Å². The lowest BCUT2D eigenvalue weighted by Crippen LogP contribution is -2.05. The summed E-state index contributed by atoms with van der Waals surface area (Å²) >= 11 is 1.48. The molecule has 0 saturated heterocycles. The first kappa shape index (κ1) is 13.7. The van der Waals surface area contributed by atoms with Crippen LogP contribution >= 0.6 is 11.3 Å². The van der Waals surface area contributed by atoms with E-state index in [1.807, 2.05) is 6.92 Å². The summed E-state index contributed by atoms with van der Waals surface area (Å²) in [7, 11) is 0. The second-order valence-corrected chi connectivity index (χ2v) is 5.12. The highest BCUT2D eigenvalue weighted by molar-refractivity contribution is 7.15. The Bertz CT molecular complexity index is 571. The van der Waals surface area contributed by atoms with Gasteiger partial charge in [0, 0.05) is 23.9 Å². The van der Waals surface area contributed by atoms with E-state index < -0.39 is 0 Å². The van der Waals surface area contributed by atoms with Crippen LogP contribution in [0.3, 0.4) is 0 Å². The third-order valence-electron chi connectivity index (χ3n) is 2.79. The quantitative estimate of drug-likeness (QED) is 0.771. The number of aryl methyl sites for hydroxylation is 2. The summed E-state index contributed by atoms with van der Waals surface area (Å²) in [6.45, 7) is 3.96. The predicted octanol–water partition coefficient (Wildman–Crippen LogP) is 1.61. The molecule has 3 N–H and O–H groups in total. The zero-order valence-electron chi connectivity index (χ0n) is 10.8. The molecule has 0 spiro atoms. The molecule has 2 aromatic heterocycles. The van der Waals surface area contributed by atoms with Gasteiger partial charge in [0.2, 0.25) is 5.13 Å². The largest absolute Gasteiger partial charge is 0.506 e. The molecule has 0 radical (unpaired) electrons. The van der Waals surface area contributed by atoms with Crippen LogP contribution < -0.4 is 5.32 Å². The minimum atomic E-state index is -0.159. The smallest absolute Gasteiger partial charge is 0.205 e. The van der Waals surface area contributed by atoms with Crippen molar-refractivity contribution in [3.8, 4) is 5.75 Å². The summed E-state index contributed by atoms with van der Waals surface area (Å²) in [6.07, 6.45) is 2.42. The Balaban J connectivity index is 2.16. The average Bonchev–Trinajstić information content (AvgIpc) is 2.88. The third kappa shape index (κ3) is 2.99. The maximum Gasteiger partial charge on any atom is 0.205 e. The van der Waals surface area contributed by atoms with E-state index in [1.54, 1.807) is 13.1 Å². The van der Waals surface area contributed by atoms with Crippen LogP contribution in [-0.2, 0) is 19.6 Å². The van der Waals surface area contributed by atoms with Gasteiger partial charge in [-0.1, -0.05) is 18.3 Å². The van der Waals surface area contributed by atoms with E-state index in [1.165, 1.54) is 11.3 Å². The molecule has 2 rings (SSSR count). The molecular formula is C12H16N4O2S. The molecule has 0 aromatic carbocycles. The monoisotopic (exact) mass is 280 g/mol. The van der Waals surface area contributed by atoms with Crippen molar-refractivity contribution in [2.45, 2.75) is 33.4 Å². The molecule has 0 bridgehead atoms. The van der Waals surface area contributed by atoms with Crippen LogP contribution in [0.2, 0.25) is 0 Å². The first-order chi connectivity index (χ1) is 9.15. The zero-order chi connectivity index (χ0) is 13.8. The molecule has 0 saturated carbocycles. The van der Waals surface area contributed by atoms with E-state index in [9.17, 15) is 10.2 Å². The van der Waals surface area contributed by atoms with Crippen molar-refractivity contribution in [2.75, 3.05) is 5.32 Å². The molecule has 0 amide bonds. The molecule has 6 nitrogen and oxygen atoms in total. The summed E-state index contributed by atoms with van der Waals surface area (Å²) in [6, 6.07) is 0. The number of anilines is 1. The standard InChI is InChI=1S/C12H16N4O2S/c1-3-10-15-16-12(19-10)14-5-9-8(6-17)4-13-7(2)11(9)18/h4,17-18H,3,5-6H2,1-2H3,(H,14,16). The van der Waals surface area contributed by atoms with Gasteiger partial charge in [-0.15, -0.1) is 10.2 Å². The van der Waals surface area contributed by atoms with Gasteiger partial charge < -0.3 is 15.5 Å². The number of pyridine rings is 1. The van der Waals surface area contributed by atoms with Crippen molar-refractivity contribution < 1.29 is 10.2 Å². The molecule has 2 aromatic rings. The van der Waals surface area contributed by atoms with Gasteiger partial charge in [0.05, 0.1) is 12.3 Å². The molecule has 2 heterocycles. The van der Waals surface area contributed by atoms with E-state index in [2.05, 4.69) is 20.5 Å². The van der Waals surface area contributed by atoms with Crippen LogP contribution in [0.4, 0.5) is 5.13 Å². The highest BCUT2D eigenvalue weighted by Crippen LogP contribution is 2.25. The first-order valence-corrected chi connectivity index (χ1v) is 6.80. The third-order valence-corrected chi connectivity index (χ3v) is 3.81. The van der Waals surface area contributed by atoms with Crippen LogP contribution in [-0.4, -0.2) is 25.4 Å². The van der Waals surface area contributed by atoms with Gasteiger partial charge in [-0.25, -0.2) is 0 Å². The van der Waals surface area contributed by atoms with E-state index >= 15 is 0 Å². The van der Waals surface area contributed by atoms with Gasteiger partial charge in [0.25, 0.3) is 0 Å². The molecule has 0 atom stereocenters. The van der Waals surface area contributed by atoms with Crippen LogP contribution in [0.25, 0.3) is 0 Å². The van der Waals surface area contributed by atoms with Crippen LogP contribution in [0.15, 0.2) is 6.20 Å². The number of nitrogens with one attached hydrogen (secondary N) is 1. The number of rotatable bonds is 5. The molecule has 0 fully saturated rings. The lowest BCUT2D eigenvalue weighted by atomic mass is 10.1. The zero-order valence-corrected chi connectivity index (χ0v) is 11.7. The van der Waals surface area contributed by atoms with Crippen molar-refractivity contribution >= 4 is 16.5 Å². The fourth-order valence-electron chi connectivity index (χ4n) is 1.65. The van der Waals surface area contributed by atoms with Gasteiger partial charge in [-0.2, -0.15) is 0 Å². The average molecular weight is 280 g/mol. The van der Waals surface area contributed by atoms with Gasteiger partial charge in [-0.05, 0) is 13.3 Å². The molecule has 102 valence electrons. The van der Waals surface area contributed by atoms with E-state index in [-0.39, 0.29) is 12.4 Å². The first-order valence-electron chi connectivity index (χ1n) is 5.99. The van der Waals surface area contributed by atoms with Gasteiger partial charge in [0.1, 0.15) is 10.8 Å². The predicted molar refractivity (Wildman–Crippen MR) is 73.2 cm³/mol. The second kappa shape index (κ2) is 5.94. The molecule has 7 heteroatoms. The number of hydrogen-bond donors (Lipinski definition) is 3. The number of aromatic nitrogens is 3. The maximum atomic E-state index is 9.99. The van der Waals surface area contributed by atoms with Crippen molar-refractivity contribution in [3.63, 3.8) is 0 Å². The number of aromatic hydroxyl groups is 1.